The highest BCUT2D eigenvalue weighted by molar-refractivity contribution is 5.78. The third-order valence-corrected chi connectivity index (χ3v) is 1.23. The second kappa shape index (κ2) is 7.73. The normalized spacial score (nSPS) is 9.45. The van der Waals surface area contributed by atoms with Crippen molar-refractivity contribution < 1.29 is 9.53 Å². The van der Waals surface area contributed by atoms with Gasteiger partial charge in [-0.1, -0.05) is 14.4 Å². The zero-order valence-electron chi connectivity index (χ0n) is 7.02. The lowest BCUT2D eigenvalue weighted by Gasteiger charge is -2.05. The molecule has 0 aliphatic heterocycles. The highest BCUT2D eigenvalue weighted by Crippen LogP contribution is 1.93. The molecule has 0 amide bonds. The lowest BCUT2D eigenvalue weighted by atomic mass is 10.2. The molecule has 0 saturated heterocycles. The second-order valence-corrected chi connectivity index (χ2v) is 2.56. The molecule has 11 heavy (non-hydrogen) atoms. The molecular formula is C9H20O2. The maximum atomic E-state index is 10.7. The van der Waals surface area contributed by atoms with E-state index in [1.165, 1.54) is 0 Å². The second-order valence-electron chi connectivity index (χ2n) is 2.56. The summed E-state index contributed by atoms with van der Waals surface area (Å²) in [5, 5.41) is 0. The van der Waals surface area contributed by atoms with Gasteiger partial charge in [-0.15, -0.1) is 0 Å². The summed E-state index contributed by atoms with van der Waals surface area (Å²) < 4.78 is 5.19. The van der Waals surface area contributed by atoms with Crippen LogP contribution in [0, 0.1) is 0 Å². The first-order chi connectivity index (χ1) is 4.66. The van der Waals surface area contributed by atoms with E-state index in [0.717, 1.165) is 0 Å². The quantitative estimate of drug-likeness (QED) is 0.617. The lowest BCUT2D eigenvalue weighted by molar-refractivity contribution is -0.120. The van der Waals surface area contributed by atoms with E-state index >= 15 is 0 Å². The van der Waals surface area contributed by atoms with Gasteiger partial charge in [0.15, 0.2) is 0 Å². The third-order valence-electron chi connectivity index (χ3n) is 1.23. The molecule has 0 radical (unpaired) electrons. The van der Waals surface area contributed by atoms with Crippen molar-refractivity contribution in [2.75, 3.05) is 6.61 Å². The summed E-state index contributed by atoms with van der Waals surface area (Å²) in [4.78, 5) is 10.7. The van der Waals surface area contributed by atoms with Crippen molar-refractivity contribution in [3.05, 3.63) is 0 Å². The van der Waals surface area contributed by atoms with Crippen LogP contribution in [0.4, 0.5) is 0 Å². The van der Waals surface area contributed by atoms with E-state index in [2.05, 4.69) is 0 Å². The number of hydrogen-bond donors (Lipinski definition) is 0. The minimum absolute atomic E-state index is 0. The monoisotopic (exact) mass is 160 g/mol. The minimum atomic E-state index is 0. The topological polar surface area (TPSA) is 26.3 Å². The number of ketones is 1. The molecule has 0 aromatic heterocycles. The number of Topliss-reactive ketones (excluding diaryl/α,β-unsaturated/α-hetero) is 1. The maximum Gasteiger partial charge on any atom is 0.134 e. The van der Waals surface area contributed by atoms with Gasteiger partial charge in [-0.05, 0) is 13.8 Å². The van der Waals surface area contributed by atoms with Gasteiger partial charge in [0.1, 0.15) is 5.78 Å². The summed E-state index contributed by atoms with van der Waals surface area (Å²) in [5.74, 6) is 0.278. The summed E-state index contributed by atoms with van der Waals surface area (Å²) >= 11 is 0. The van der Waals surface area contributed by atoms with Crippen molar-refractivity contribution in [3.63, 3.8) is 0 Å². The molecule has 0 atom stereocenters. The standard InChI is InChI=1S/C8H16O2.CH4/c1-4-8(9)5-6-10-7(2)3;/h7H,4-6H2,1-3H3;1H4. The Bertz CT molecular complexity index is 97.7. The Morgan fingerprint density at radius 2 is 2.00 bits per heavy atom. The Kier molecular flexibility index (Phi) is 9.31. The van der Waals surface area contributed by atoms with Crippen molar-refractivity contribution in [2.45, 2.75) is 47.1 Å². The molecule has 0 bridgehead atoms. The number of ether oxygens (including phenoxy) is 1. The van der Waals surface area contributed by atoms with Gasteiger partial charge in [0.2, 0.25) is 0 Å². The molecule has 2 nitrogen and oxygen atoms in total. The van der Waals surface area contributed by atoms with Gasteiger partial charge in [0.05, 0.1) is 12.7 Å². The highest BCUT2D eigenvalue weighted by Gasteiger charge is 1.98. The number of carbonyl (C=O) groups excluding carboxylic acids is 1. The Labute approximate surface area is 69.9 Å². The van der Waals surface area contributed by atoms with Gasteiger partial charge in [-0.2, -0.15) is 0 Å². The molecule has 0 aliphatic rings. The smallest absolute Gasteiger partial charge is 0.134 e. The third kappa shape index (κ3) is 9.63. The maximum absolute atomic E-state index is 10.7. The van der Waals surface area contributed by atoms with Crippen LogP contribution in [-0.2, 0) is 9.53 Å². The zero-order chi connectivity index (χ0) is 7.98. The van der Waals surface area contributed by atoms with Crippen LogP contribution in [-0.4, -0.2) is 18.5 Å². The van der Waals surface area contributed by atoms with Crippen LogP contribution in [0.25, 0.3) is 0 Å². The largest absolute Gasteiger partial charge is 0.378 e. The van der Waals surface area contributed by atoms with E-state index in [0.29, 0.717) is 19.4 Å². The molecule has 0 rings (SSSR count). The van der Waals surface area contributed by atoms with E-state index < -0.39 is 0 Å². The first-order valence-electron chi connectivity index (χ1n) is 3.80. The summed E-state index contributed by atoms with van der Waals surface area (Å²) in [5.41, 5.74) is 0. The fraction of sp³-hybridized carbons (Fsp3) is 0.889. The minimum Gasteiger partial charge on any atom is -0.378 e. The van der Waals surface area contributed by atoms with Crippen molar-refractivity contribution in [1.82, 2.24) is 0 Å². The van der Waals surface area contributed by atoms with E-state index in [-0.39, 0.29) is 19.3 Å². The Hall–Kier alpha value is -0.370. The van der Waals surface area contributed by atoms with Crippen LogP contribution in [0.2, 0.25) is 0 Å². The van der Waals surface area contributed by atoms with Gasteiger partial charge < -0.3 is 4.74 Å². The molecule has 2 heteroatoms. The summed E-state index contributed by atoms with van der Waals surface area (Å²) in [7, 11) is 0. The van der Waals surface area contributed by atoms with Crippen molar-refractivity contribution >= 4 is 5.78 Å². The molecule has 68 valence electrons. The van der Waals surface area contributed by atoms with Gasteiger partial charge in [0, 0.05) is 12.8 Å². The predicted molar refractivity (Wildman–Crippen MR) is 47.7 cm³/mol. The molecule has 0 aliphatic carbocycles. The first-order valence-corrected chi connectivity index (χ1v) is 3.80. The van der Waals surface area contributed by atoms with E-state index in [1.54, 1.807) is 0 Å². The van der Waals surface area contributed by atoms with Crippen LogP contribution < -0.4 is 0 Å². The summed E-state index contributed by atoms with van der Waals surface area (Å²) in [6.07, 6.45) is 1.43. The van der Waals surface area contributed by atoms with Crippen LogP contribution >= 0.6 is 0 Å². The van der Waals surface area contributed by atoms with Crippen LogP contribution in [0.5, 0.6) is 0 Å². The molecule has 0 heterocycles. The molecular weight excluding hydrogens is 140 g/mol. The van der Waals surface area contributed by atoms with Gasteiger partial charge in [0.25, 0.3) is 0 Å². The predicted octanol–water partition coefficient (Wildman–Crippen LogP) is 2.42. The fourth-order valence-electron chi connectivity index (χ4n) is 0.585. The average Bonchev–Trinajstić information content (AvgIpc) is 1.87. The van der Waals surface area contributed by atoms with Crippen LogP contribution in [0.15, 0.2) is 0 Å². The lowest BCUT2D eigenvalue weighted by Crippen LogP contribution is -2.07. The molecule has 0 saturated carbocycles. The summed E-state index contributed by atoms with van der Waals surface area (Å²) in [6.45, 7) is 6.38. The van der Waals surface area contributed by atoms with Crippen molar-refractivity contribution in [1.29, 1.82) is 0 Å². The SMILES string of the molecule is C.CCC(=O)CCOC(C)C. The molecule has 0 unspecified atom stereocenters. The molecule has 0 aromatic carbocycles. The van der Waals surface area contributed by atoms with Crippen LogP contribution in [0.1, 0.15) is 41.0 Å². The summed E-state index contributed by atoms with van der Waals surface area (Å²) in [6, 6.07) is 0. The fourth-order valence-corrected chi connectivity index (χ4v) is 0.585. The Balaban J connectivity index is 0. The Morgan fingerprint density at radius 3 is 2.36 bits per heavy atom. The molecule has 0 aromatic rings. The Morgan fingerprint density at radius 1 is 1.45 bits per heavy atom. The number of hydrogen-bond acceptors (Lipinski definition) is 2. The zero-order valence-corrected chi connectivity index (χ0v) is 7.02. The van der Waals surface area contributed by atoms with Gasteiger partial charge in [-0.25, -0.2) is 0 Å². The van der Waals surface area contributed by atoms with Gasteiger partial charge in [-0.3, -0.25) is 4.79 Å². The highest BCUT2D eigenvalue weighted by atomic mass is 16.5. The average molecular weight is 160 g/mol. The van der Waals surface area contributed by atoms with Crippen LogP contribution in [0.3, 0.4) is 0 Å². The first kappa shape index (κ1) is 13.2. The van der Waals surface area contributed by atoms with Crippen molar-refractivity contribution in [3.8, 4) is 0 Å². The number of carbonyl (C=O) groups is 1. The van der Waals surface area contributed by atoms with E-state index in [1.807, 2.05) is 20.8 Å². The van der Waals surface area contributed by atoms with E-state index in [4.69, 9.17) is 4.74 Å². The van der Waals surface area contributed by atoms with Gasteiger partial charge >= 0.3 is 0 Å². The van der Waals surface area contributed by atoms with E-state index in [9.17, 15) is 4.79 Å². The van der Waals surface area contributed by atoms with Crippen molar-refractivity contribution in [2.24, 2.45) is 0 Å². The molecule has 0 spiro atoms. The molecule has 0 N–H and O–H groups in total. The number of rotatable bonds is 5. The molecule has 0 fully saturated rings.